The number of halogens is 1. The van der Waals surface area contributed by atoms with E-state index in [9.17, 15) is 0 Å². The zero-order valence-electron chi connectivity index (χ0n) is 9.73. The minimum atomic E-state index is 0.626. The van der Waals surface area contributed by atoms with E-state index in [0.717, 1.165) is 29.8 Å². The number of nitrogens with zero attached hydrogens (tertiary/aromatic N) is 2. The van der Waals surface area contributed by atoms with E-state index >= 15 is 0 Å². The molecule has 2 heterocycles. The van der Waals surface area contributed by atoms with Gasteiger partial charge in [0.15, 0.2) is 5.65 Å². The van der Waals surface area contributed by atoms with E-state index in [0.29, 0.717) is 5.02 Å². The number of hydrogen-bond donors (Lipinski definition) is 1. The second-order valence-electron chi connectivity index (χ2n) is 4.19. The first-order chi connectivity index (χ1) is 8.81. The van der Waals surface area contributed by atoms with Crippen LogP contribution in [0.4, 0.5) is 0 Å². The summed E-state index contributed by atoms with van der Waals surface area (Å²) in [6.07, 6.45) is 3.46. The number of fused-ring (bicyclic) bond motifs is 1. The van der Waals surface area contributed by atoms with Gasteiger partial charge in [-0.05, 0) is 18.1 Å². The fourth-order valence-corrected chi connectivity index (χ4v) is 2.11. The summed E-state index contributed by atoms with van der Waals surface area (Å²) in [4.78, 5) is 11.9. The molecule has 0 saturated carbocycles. The molecular formula is C14H12ClN3. The molecule has 3 aromatic rings. The van der Waals surface area contributed by atoms with Gasteiger partial charge in [0.2, 0.25) is 0 Å². The SMILES string of the molecule is Clc1cnc2nc(CCc3ccccc3)[nH]c2c1. The van der Waals surface area contributed by atoms with Crippen LogP contribution in [-0.4, -0.2) is 15.0 Å². The molecule has 0 aliphatic heterocycles. The van der Waals surface area contributed by atoms with Crippen LogP contribution in [0.15, 0.2) is 42.6 Å². The van der Waals surface area contributed by atoms with Gasteiger partial charge in [0.1, 0.15) is 5.82 Å². The fraction of sp³-hybridized carbons (Fsp3) is 0.143. The minimum Gasteiger partial charge on any atom is -0.341 e. The van der Waals surface area contributed by atoms with E-state index < -0.39 is 0 Å². The van der Waals surface area contributed by atoms with Crippen molar-refractivity contribution in [1.29, 1.82) is 0 Å². The first-order valence-corrected chi connectivity index (χ1v) is 6.23. The Morgan fingerprint density at radius 1 is 1.11 bits per heavy atom. The number of pyridine rings is 1. The second kappa shape index (κ2) is 4.78. The highest BCUT2D eigenvalue weighted by Gasteiger charge is 2.04. The highest BCUT2D eigenvalue weighted by atomic mass is 35.5. The molecule has 0 fully saturated rings. The van der Waals surface area contributed by atoms with Gasteiger partial charge in [-0.2, -0.15) is 0 Å². The molecule has 0 spiro atoms. The Kier molecular flexibility index (Phi) is 2.99. The molecule has 18 heavy (non-hydrogen) atoms. The van der Waals surface area contributed by atoms with Crippen LogP contribution in [0.3, 0.4) is 0 Å². The van der Waals surface area contributed by atoms with Crippen molar-refractivity contribution in [1.82, 2.24) is 15.0 Å². The molecule has 0 atom stereocenters. The Hall–Kier alpha value is -1.87. The standard InChI is InChI=1S/C14H12ClN3/c15-11-8-12-14(16-9-11)18-13(17-12)7-6-10-4-2-1-3-5-10/h1-5,8-9H,6-7H2,(H,16,17,18). The smallest absolute Gasteiger partial charge is 0.177 e. The monoisotopic (exact) mass is 257 g/mol. The molecule has 0 aliphatic carbocycles. The van der Waals surface area contributed by atoms with Crippen molar-refractivity contribution in [3.05, 3.63) is 59.0 Å². The third-order valence-electron chi connectivity index (χ3n) is 2.85. The molecule has 3 rings (SSSR count). The van der Waals surface area contributed by atoms with E-state index in [2.05, 4.69) is 39.2 Å². The van der Waals surface area contributed by atoms with Crippen molar-refractivity contribution in [2.45, 2.75) is 12.8 Å². The van der Waals surface area contributed by atoms with Crippen molar-refractivity contribution < 1.29 is 0 Å². The van der Waals surface area contributed by atoms with Gasteiger partial charge >= 0.3 is 0 Å². The molecule has 0 bridgehead atoms. The highest BCUT2D eigenvalue weighted by molar-refractivity contribution is 6.30. The molecule has 1 N–H and O–H groups in total. The van der Waals surface area contributed by atoms with Gasteiger partial charge in [-0.1, -0.05) is 41.9 Å². The van der Waals surface area contributed by atoms with Crippen LogP contribution in [-0.2, 0) is 12.8 Å². The van der Waals surface area contributed by atoms with Crippen molar-refractivity contribution in [3.63, 3.8) is 0 Å². The van der Waals surface area contributed by atoms with Gasteiger partial charge in [0.05, 0.1) is 10.5 Å². The van der Waals surface area contributed by atoms with E-state index in [-0.39, 0.29) is 0 Å². The minimum absolute atomic E-state index is 0.626. The topological polar surface area (TPSA) is 41.6 Å². The third kappa shape index (κ3) is 2.36. The first-order valence-electron chi connectivity index (χ1n) is 5.85. The van der Waals surface area contributed by atoms with Crippen LogP contribution in [0.1, 0.15) is 11.4 Å². The molecule has 0 amide bonds. The molecule has 2 aromatic heterocycles. The van der Waals surface area contributed by atoms with Gasteiger partial charge in [-0.3, -0.25) is 0 Å². The first kappa shape index (κ1) is 11.2. The van der Waals surface area contributed by atoms with Crippen LogP contribution in [0.5, 0.6) is 0 Å². The summed E-state index contributed by atoms with van der Waals surface area (Å²) in [5, 5.41) is 0.626. The molecule has 0 radical (unpaired) electrons. The number of nitrogens with one attached hydrogen (secondary N) is 1. The number of rotatable bonds is 3. The number of imidazole rings is 1. The summed E-state index contributed by atoms with van der Waals surface area (Å²) >= 11 is 5.89. The lowest BCUT2D eigenvalue weighted by Gasteiger charge is -1.97. The summed E-state index contributed by atoms with van der Waals surface area (Å²) in [6.45, 7) is 0. The van der Waals surface area contributed by atoms with E-state index in [1.54, 1.807) is 6.20 Å². The zero-order valence-corrected chi connectivity index (χ0v) is 10.5. The Morgan fingerprint density at radius 3 is 2.78 bits per heavy atom. The summed E-state index contributed by atoms with van der Waals surface area (Å²) in [5.41, 5.74) is 2.93. The van der Waals surface area contributed by atoms with Crippen molar-refractivity contribution in [3.8, 4) is 0 Å². The van der Waals surface area contributed by atoms with Gasteiger partial charge in [0.25, 0.3) is 0 Å². The van der Waals surface area contributed by atoms with Crippen LogP contribution >= 0.6 is 11.6 Å². The fourth-order valence-electron chi connectivity index (χ4n) is 1.95. The van der Waals surface area contributed by atoms with Gasteiger partial charge in [-0.15, -0.1) is 0 Å². The van der Waals surface area contributed by atoms with Gasteiger partial charge in [-0.25, -0.2) is 9.97 Å². The Balaban J connectivity index is 1.79. The van der Waals surface area contributed by atoms with Gasteiger partial charge in [0, 0.05) is 12.6 Å². The maximum absolute atomic E-state index is 5.89. The van der Waals surface area contributed by atoms with Crippen molar-refractivity contribution in [2.24, 2.45) is 0 Å². The second-order valence-corrected chi connectivity index (χ2v) is 4.63. The van der Waals surface area contributed by atoms with E-state index in [4.69, 9.17) is 11.6 Å². The highest BCUT2D eigenvalue weighted by Crippen LogP contribution is 2.15. The zero-order chi connectivity index (χ0) is 12.4. The maximum atomic E-state index is 5.89. The Morgan fingerprint density at radius 2 is 1.94 bits per heavy atom. The quantitative estimate of drug-likeness (QED) is 0.781. The molecule has 0 aliphatic rings. The van der Waals surface area contributed by atoms with E-state index in [1.165, 1.54) is 5.56 Å². The molecule has 0 unspecified atom stereocenters. The largest absolute Gasteiger partial charge is 0.341 e. The third-order valence-corrected chi connectivity index (χ3v) is 3.05. The lowest BCUT2D eigenvalue weighted by Crippen LogP contribution is -1.92. The predicted molar refractivity (Wildman–Crippen MR) is 72.7 cm³/mol. The Labute approximate surface area is 110 Å². The molecule has 4 heteroatoms. The number of benzene rings is 1. The number of H-pyrrole nitrogens is 1. The molecule has 90 valence electrons. The summed E-state index contributed by atoms with van der Waals surface area (Å²) in [5.74, 6) is 0.948. The van der Waals surface area contributed by atoms with Crippen LogP contribution in [0.25, 0.3) is 11.2 Å². The van der Waals surface area contributed by atoms with Crippen LogP contribution in [0, 0.1) is 0 Å². The number of aryl methyl sites for hydroxylation is 2. The lowest BCUT2D eigenvalue weighted by atomic mass is 10.1. The summed E-state index contributed by atoms with van der Waals surface area (Å²) < 4.78 is 0. The summed E-state index contributed by atoms with van der Waals surface area (Å²) in [6, 6.07) is 12.2. The van der Waals surface area contributed by atoms with Crippen LogP contribution in [0.2, 0.25) is 5.02 Å². The molecule has 1 aromatic carbocycles. The lowest BCUT2D eigenvalue weighted by molar-refractivity contribution is 0.889. The van der Waals surface area contributed by atoms with Crippen LogP contribution < -0.4 is 0 Å². The normalized spacial score (nSPS) is 10.9. The average Bonchev–Trinajstić information content (AvgIpc) is 2.79. The van der Waals surface area contributed by atoms with Crippen molar-refractivity contribution in [2.75, 3.05) is 0 Å². The number of aromatic nitrogens is 3. The Bertz CT molecular complexity index is 661. The maximum Gasteiger partial charge on any atom is 0.177 e. The van der Waals surface area contributed by atoms with Gasteiger partial charge < -0.3 is 4.98 Å². The predicted octanol–water partition coefficient (Wildman–Crippen LogP) is 3.40. The molecular weight excluding hydrogens is 246 g/mol. The number of aromatic amines is 1. The molecule has 3 nitrogen and oxygen atoms in total. The number of hydrogen-bond acceptors (Lipinski definition) is 2. The molecule has 0 saturated heterocycles. The average molecular weight is 258 g/mol. The van der Waals surface area contributed by atoms with E-state index in [1.807, 2.05) is 12.1 Å². The summed E-state index contributed by atoms with van der Waals surface area (Å²) in [7, 11) is 0. The van der Waals surface area contributed by atoms with Crippen molar-refractivity contribution >= 4 is 22.8 Å².